The third kappa shape index (κ3) is 2.16. The van der Waals surface area contributed by atoms with Crippen LogP contribution >= 0.6 is 0 Å². The second-order valence-electron chi connectivity index (χ2n) is 2.93. The maximum atomic E-state index is 13.0. The van der Waals surface area contributed by atoms with Crippen molar-refractivity contribution in [2.75, 3.05) is 0 Å². The highest BCUT2D eigenvalue weighted by Crippen LogP contribution is 2.12. The van der Waals surface area contributed by atoms with Crippen molar-refractivity contribution in [3.8, 4) is 0 Å². The Labute approximate surface area is 80.2 Å². The quantitative estimate of drug-likeness (QED) is 0.742. The minimum atomic E-state index is -1.49. The van der Waals surface area contributed by atoms with Gasteiger partial charge in [0, 0.05) is 6.42 Å². The average Bonchev–Trinajstić information content (AvgIpc) is 2.12. The molecule has 14 heavy (non-hydrogen) atoms. The Kier molecular flexibility index (Phi) is 2.96. The van der Waals surface area contributed by atoms with Crippen LogP contribution in [0.3, 0.4) is 0 Å². The molecule has 0 radical (unpaired) electrons. The highest BCUT2D eigenvalue weighted by atomic mass is 19.1. The summed E-state index contributed by atoms with van der Waals surface area (Å²) in [5.41, 5.74) is 0.736. The van der Waals surface area contributed by atoms with E-state index < -0.39 is 17.6 Å². The standard InChI is InChI=1S/C10H9FO3/c1-6-7(3-2-4-8(6)11)5-9(12)10(13)14/h2-4H,5H2,1H3,(H,13,14). The summed E-state index contributed by atoms with van der Waals surface area (Å²) in [5, 5.41) is 8.36. The van der Waals surface area contributed by atoms with Gasteiger partial charge in [0.2, 0.25) is 5.78 Å². The van der Waals surface area contributed by atoms with Gasteiger partial charge in [-0.2, -0.15) is 0 Å². The lowest BCUT2D eigenvalue weighted by Crippen LogP contribution is -2.15. The Morgan fingerprint density at radius 3 is 2.64 bits per heavy atom. The molecule has 1 aromatic rings. The zero-order valence-electron chi connectivity index (χ0n) is 7.58. The van der Waals surface area contributed by atoms with Crippen LogP contribution in [0.2, 0.25) is 0 Å². The summed E-state index contributed by atoms with van der Waals surface area (Å²) in [4.78, 5) is 21.1. The molecule has 0 aliphatic rings. The van der Waals surface area contributed by atoms with E-state index in [1.165, 1.54) is 19.1 Å². The van der Waals surface area contributed by atoms with Gasteiger partial charge >= 0.3 is 5.97 Å². The van der Waals surface area contributed by atoms with Crippen LogP contribution < -0.4 is 0 Å². The monoisotopic (exact) mass is 196 g/mol. The Morgan fingerprint density at radius 1 is 1.43 bits per heavy atom. The molecule has 0 aromatic heterocycles. The van der Waals surface area contributed by atoms with Crippen LogP contribution in [0.15, 0.2) is 18.2 Å². The van der Waals surface area contributed by atoms with Gasteiger partial charge in [-0.05, 0) is 24.1 Å². The number of carbonyl (C=O) groups is 2. The third-order valence-corrected chi connectivity index (χ3v) is 1.97. The number of benzene rings is 1. The Hall–Kier alpha value is -1.71. The van der Waals surface area contributed by atoms with E-state index >= 15 is 0 Å². The molecule has 4 heteroatoms. The second-order valence-corrected chi connectivity index (χ2v) is 2.93. The molecule has 0 aliphatic carbocycles. The fraction of sp³-hybridized carbons (Fsp3) is 0.200. The molecule has 0 bridgehead atoms. The maximum Gasteiger partial charge on any atom is 0.372 e. The first-order valence-corrected chi connectivity index (χ1v) is 4.02. The van der Waals surface area contributed by atoms with Gasteiger partial charge in [0.15, 0.2) is 0 Å². The number of carbonyl (C=O) groups excluding carboxylic acids is 1. The lowest BCUT2D eigenvalue weighted by Gasteiger charge is -2.03. The van der Waals surface area contributed by atoms with Crippen molar-refractivity contribution in [3.05, 3.63) is 35.1 Å². The van der Waals surface area contributed by atoms with E-state index in [1.54, 1.807) is 6.07 Å². The third-order valence-electron chi connectivity index (χ3n) is 1.97. The highest BCUT2D eigenvalue weighted by molar-refractivity contribution is 6.33. The number of hydrogen-bond acceptors (Lipinski definition) is 2. The number of Topliss-reactive ketones (excluding diaryl/α,β-unsaturated/α-hetero) is 1. The summed E-state index contributed by atoms with van der Waals surface area (Å²) < 4.78 is 13.0. The Morgan fingerprint density at radius 2 is 2.07 bits per heavy atom. The topological polar surface area (TPSA) is 54.4 Å². The zero-order chi connectivity index (χ0) is 10.7. The second kappa shape index (κ2) is 4.00. The van der Waals surface area contributed by atoms with Crippen LogP contribution in [-0.4, -0.2) is 16.9 Å². The molecule has 0 saturated carbocycles. The number of carboxylic acids is 1. The molecular weight excluding hydrogens is 187 g/mol. The van der Waals surface area contributed by atoms with Gasteiger partial charge in [-0.3, -0.25) is 4.79 Å². The summed E-state index contributed by atoms with van der Waals surface area (Å²) in [6, 6.07) is 4.26. The lowest BCUT2D eigenvalue weighted by atomic mass is 10.0. The van der Waals surface area contributed by atoms with Crippen LogP contribution in [-0.2, 0) is 16.0 Å². The van der Waals surface area contributed by atoms with Crippen molar-refractivity contribution in [1.29, 1.82) is 0 Å². The fourth-order valence-corrected chi connectivity index (χ4v) is 1.09. The van der Waals surface area contributed by atoms with Gasteiger partial charge in [-0.1, -0.05) is 12.1 Å². The fourth-order valence-electron chi connectivity index (χ4n) is 1.09. The van der Waals surface area contributed by atoms with Crippen LogP contribution in [0.25, 0.3) is 0 Å². The van der Waals surface area contributed by atoms with Gasteiger partial charge in [-0.25, -0.2) is 9.18 Å². The predicted octanol–water partition coefficient (Wildman–Crippen LogP) is 1.33. The number of halogens is 1. The van der Waals surface area contributed by atoms with Crippen LogP contribution in [0.5, 0.6) is 0 Å². The minimum Gasteiger partial charge on any atom is -0.475 e. The highest BCUT2D eigenvalue weighted by Gasteiger charge is 2.14. The minimum absolute atomic E-state index is 0.265. The predicted molar refractivity (Wildman–Crippen MR) is 47.5 cm³/mol. The van der Waals surface area contributed by atoms with Crippen LogP contribution in [0.4, 0.5) is 4.39 Å². The zero-order valence-corrected chi connectivity index (χ0v) is 7.58. The Bertz CT molecular complexity index is 385. The smallest absolute Gasteiger partial charge is 0.372 e. The van der Waals surface area contributed by atoms with Gasteiger partial charge in [0.25, 0.3) is 0 Å². The molecule has 0 atom stereocenters. The lowest BCUT2D eigenvalue weighted by molar-refractivity contribution is -0.148. The summed E-state index contributed by atoms with van der Waals surface area (Å²) in [7, 11) is 0. The van der Waals surface area contributed by atoms with E-state index in [0.29, 0.717) is 11.1 Å². The average molecular weight is 196 g/mol. The number of hydrogen-bond donors (Lipinski definition) is 1. The molecule has 0 unspecified atom stereocenters. The molecule has 0 fully saturated rings. The molecule has 1 rings (SSSR count). The van der Waals surface area contributed by atoms with Gasteiger partial charge < -0.3 is 5.11 Å². The summed E-state index contributed by atoms with van der Waals surface area (Å²) in [5.74, 6) is -2.85. The van der Waals surface area contributed by atoms with Gasteiger partial charge in [-0.15, -0.1) is 0 Å². The first kappa shape index (κ1) is 10.4. The van der Waals surface area contributed by atoms with Crippen LogP contribution in [0, 0.1) is 12.7 Å². The number of carboxylic acid groups (broad SMARTS) is 1. The van der Waals surface area contributed by atoms with Crippen LogP contribution in [0.1, 0.15) is 11.1 Å². The molecule has 1 aromatic carbocycles. The largest absolute Gasteiger partial charge is 0.475 e. The Balaban J connectivity index is 2.93. The normalized spacial score (nSPS) is 9.86. The van der Waals surface area contributed by atoms with E-state index in [2.05, 4.69) is 0 Å². The molecular formula is C10H9FO3. The first-order valence-electron chi connectivity index (χ1n) is 4.02. The van der Waals surface area contributed by atoms with Crippen molar-refractivity contribution >= 4 is 11.8 Å². The van der Waals surface area contributed by atoms with E-state index in [0.717, 1.165) is 0 Å². The summed E-state index contributed by atoms with van der Waals surface area (Å²) in [6.45, 7) is 1.51. The van der Waals surface area contributed by atoms with E-state index in [1.807, 2.05) is 0 Å². The van der Waals surface area contributed by atoms with Crippen molar-refractivity contribution in [2.24, 2.45) is 0 Å². The van der Waals surface area contributed by atoms with Crippen molar-refractivity contribution in [2.45, 2.75) is 13.3 Å². The first-order chi connectivity index (χ1) is 6.52. The van der Waals surface area contributed by atoms with Gasteiger partial charge in [0.05, 0.1) is 0 Å². The van der Waals surface area contributed by atoms with Crippen molar-refractivity contribution in [3.63, 3.8) is 0 Å². The molecule has 3 nitrogen and oxygen atoms in total. The SMILES string of the molecule is Cc1c(F)cccc1CC(=O)C(=O)O. The van der Waals surface area contributed by atoms with E-state index in [-0.39, 0.29) is 6.42 Å². The molecule has 0 saturated heterocycles. The molecule has 74 valence electrons. The van der Waals surface area contributed by atoms with Crippen molar-refractivity contribution < 1.29 is 19.1 Å². The molecule has 0 heterocycles. The van der Waals surface area contributed by atoms with E-state index in [9.17, 15) is 14.0 Å². The van der Waals surface area contributed by atoms with Gasteiger partial charge in [0.1, 0.15) is 5.82 Å². The van der Waals surface area contributed by atoms with E-state index in [4.69, 9.17) is 5.11 Å². The molecule has 0 amide bonds. The number of ketones is 1. The van der Waals surface area contributed by atoms with Crippen molar-refractivity contribution in [1.82, 2.24) is 0 Å². The molecule has 0 spiro atoms. The number of rotatable bonds is 3. The number of aliphatic carboxylic acids is 1. The molecule has 1 N–H and O–H groups in total. The molecule has 0 aliphatic heterocycles. The summed E-state index contributed by atoms with van der Waals surface area (Å²) >= 11 is 0. The summed E-state index contributed by atoms with van der Waals surface area (Å²) in [6.07, 6.45) is -0.265. The maximum absolute atomic E-state index is 13.0.